The van der Waals surface area contributed by atoms with Crippen molar-refractivity contribution in [3.05, 3.63) is 48.3 Å². The summed E-state index contributed by atoms with van der Waals surface area (Å²) in [6, 6.07) is 4.29. The van der Waals surface area contributed by atoms with Crippen LogP contribution in [0.4, 0.5) is 0 Å². The van der Waals surface area contributed by atoms with E-state index in [4.69, 9.17) is 5.73 Å². The minimum absolute atomic E-state index is 0.148. The average molecular weight is 353 g/mol. The Bertz CT molecular complexity index is 736. The number of nitrogens with zero attached hydrogens (tertiary/aromatic N) is 4. The molecule has 6 nitrogen and oxygen atoms in total. The fourth-order valence-electron chi connectivity index (χ4n) is 4.36. The molecule has 1 amide bonds. The second-order valence-electron chi connectivity index (χ2n) is 7.64. The number of carbonyl (C=O) groups excluding carboxylic acids is 1. The summed E-state index contributed by atoms with van der Waals surface area (Å²) in [6.45, 7) is 2.48. The average Bonchev–Trinajstić information content (AvgIpc) is 3.31. The van der Waals surface area contributed by atoms with Crippen LogP contribution in [0.25, 0.3) is 0 Å². The third-order valence-electron chi connectivity index (χ3n) is 5.84. The normalized spacial score (nSPS) is 24.1. The van der Waals surface area contributed by atoms with Crippen LogP contribution in [-0.4, -0.2) is 44.5 Å². The summed E-state index contributed by atoms with van der Waals surface area (Å²) in [6.07, 6.45) is 12.3. The van der Waals surface area contributed by atoms with Gasteiger partial charge in [-0.05, 0) is 49.8 Å². The van der Waals surface area contributed by atoms with E-state index in [0.29, 0.717) is 11.8 Å². The smallest absolute Gasteiger partial charge is 0.225 e. The van der Waals surface area contributed by atoms with Crippen molar-refractivity contribution >= 4 is 5.91 Å². The molecule has 0 aromatic carbocycles. The number of piperidine rings is 1. The van der Waals surface area contributed by atoms with Gasteiger partial charge in [0.15, 0.2) is 0 Å². The van der Waals surface area contributed by atoms with Crippen molar-refractivity contribution in [3.8, 4) is 0 Å². The summed E-state index contributed by atoms with van der Waals surface area (Å²) < 4.78 is 2.23. The summed E-state index contributed by atoms with van der Waals surface area (Å²) in [5.41, 5.74) is 7.20. The number of imidazole rings is 1. The lowest BCUT2D eigenvalue weighted by molar-refractivity contribution is -0.136. The van der Waals surface area contributed by atoms with Crippen molar-refractivity contribution in [2.45, 2.75) is 50.6 Å². The molecule has 6 heteroatoms. The number of amides is 1. The van der Waals surface area contributed by atoms with Gasteiger partial charge in [-0.15, -0.1) is 0 Å². The van der Waals surface area contributed by atoms with Crippen molar-refractivity contribution < 1.29 is 4.79 Å². The molecule has 0 bridgehead atoms. The Hall–Kier alpha value is -2.21. The molecule has 2 aromatic rings. The van der Waals surface area contributed by atoms with E-state index in [2.05, 4.69) is 19.4 Å². The molecule has 2 aromatic heterocycles. The molecule has 2 aliphatic rings. The largest absolute Gasteiger partial charge is 0.342 e. The number of likely N-dealkylation sites (tertiary alicyclic amines) is 1. The SMILES string of the molecule is N[C@H]1CC[C@@H](C(=O)N2CCC(c3nccn3Cc3ccncc3)CC2)C1. The molecule has 2 N–H and O–H groups in total. The minimum Gasteiger partial charge on any atom is -0.342 e. The third kappa shape index (κ3) is 3.65. The second kappa shape index (κ2) is 7.58. The molecule has 0 unspecified atom stereocenters. The first-order valence-corrected chi connectivity index (χ1v) is 9.65. The van der Waals surface area contributed by atoms with Crippen LogP contribution in [0.15, 0.2) is 36.9 Å². The van der Waals surface area contributed by atoms with Crippen LogP contribution in [0.3, 0.4) is 0 Å². The van der Waals surface area contributed by atoms with Gasteiger partial charge < -0.3 is 15.2 Å². The van der Waals surface area contributed by atoms with Crippen molar-refractivity contribution in [2.24, 2.45) is 11.7 Å². The molecule has 0 spiro atoms. The molecule has 4 rings (SSSR count). The quantitative estimate of drug-likeness (QED) is 0.914. The lowest BCUT2D eigenvalue weighted by Crippen LogP contribution is -2.41. The number of pyridine rings is 1. The molecule has 1 saturated heterocycles. The summed E-state index contributed by atoms with van der Waals surface area (Å²) in [4.78, 5) is 23.4. The number of rotatable bonds is 4. The van der Waals surface area contributed by atoms with Gasteiger partial charge in [-0.2, -0.15) is 0 Å². The maximum atomic E-state index is 12.7. The van der Waals surface area contributed by atoms with Crippen LogP contribution in [0.5, 0.6) is 0 Å². The Labute approximate surface area is 154 Å². The maximum absolute atomic E-state index is 12.7. The molecule has 138 valence electrons. The number of hydrogen-bond donors (Lipinski definition) is 1. The zero-order valence-electron chi connectivity index (χ0n) is 15.1. The van der Waals surface area contributed by atoms with Gasteiger partial charge in [-0.1, -0.05) is 0 Å². The second-order valence-corrected chi connectivity index (χ2v) is 7.64. The van der Waals surface area contributed by atoms with Gasteiger partial charge in [0.05, 0.1) is 0 Å². The van der Waals surface area contributed by atoms with Crippen LogP contribution >= 0.6 is 0 Å². The van der Waals surface area contributed by atoms with Gasteiger partial charge in [-0.25, -0.2) is 4.98 Å². The highest BCUT2D eigenvalue weighted by Gasteiger charge is 2.33. The monoisotopic (exact) mass is 353 g/mol. The molecule has 3 heterocycles. The molecule has 2 fully saturated rings. The van der Waals surface area contributed by atoms with Crippen LogP contribution in [0.1, 0.15) is 49.4 Å². The van der Waals surface area contributed by atoms with Crippen LogP contribution in [0, 0.1) is 5.92 Å². The fourth-order valence-corrected chi connectivity index (χ4v) is 4.36. The van der Waals surface area contributed by atoms with Crippen molar-refractivity contribution in [1.82, 2.24) is 19.4 Å². The van der Waals surface area contributed by atoms with Crippen LogP contribution in [0.2, 0.25) is 0 Å². The topological polar surface area (TPSA) is 77.0 Å². The lowest BCUT2D eigenvalue weighted by Gasteiger charge is -2.33. The zero-order chi connectivity index (χ0) is 17.9. The van der Waals surface area contributed by atoms with E-state index in [9.17, 15) is 4.79 Å². The van der Waals surface area contributed by atoms with Crippen LogP contribution in [-0.2, 0) is 11.3 Å². The van der Waals surface area contributed by atoms with E-state index in [1.165, 1.54) is 5.56 Å². The van der Waals surface area contributed by atoms with E-state index in [0.717, 1.165) is 57.6 Å². The molecular weight excluding hydrogens is 326 g/mol. The van der Waals surface area contributed by atoms with Gasteiger partial charge in [0.1, 0.15) is 5.82 Å². The van der Waals surface area contributed by atoms with Crippen molar-refractivity contribution in [3.63, 3.8) is 0 Å². The van der Waals surface area contributed by atoms with E-state index in [1.807, 2.05) is 36.9 Å². The molecule has 1 saturated carbocycles. The summed E-state index contributed by atoms with van der Waals surface area (Å²) >= 11 is 0. The number of nitrogens with two attached hydrogens (primary N) is 1. The molecule has 0 radical (unpaired) electrons. The minimum atomic E-state index is 0.148. The summed E-state index contributed by atoms with van der Waals surface area (Å²) in [5, 5.41) is 0. The zero-order valence-corrected chi connectivity index (χ0v) is 15.1. The Balaban J connectivity index is 1.37. The van der Waals surface area contributed by atoms with E-state index < -0.39 is 0 Å². The molecule has 2 atom stereocenters. The molecule has 1 aliphatic carbocycles. The van der Waals surface area contributed by atoms with Gasteiger partial charge in [0.2, 0.25) is 5.91 Å². The molecular formula is C20H27N5O. The Morgan fingerprint density at radius 1 is 1.12 bits per heavy atom. The van der Waals surface area contributed by atoms with E-state index in [1.54, 1.807) is 0 Å². The van der Waals surface area contributed by atoms with Crippen molar-refractivity contribution in [1.29, 1.82) is 0 Å². The molecule has 26 heavy (non-hydrogen) atoms. The van der Waals surface area contributed by atoms with Gasteiger partial charge in [-0.3, -0.25) is 9.78 Å². The first kappa shape index (κ1) is 17.2. The number of aromatic nitrogens is 3. The Morgan fingerprint density at radius 3 is 2.58 bits per heavy atom. The highest BCUT2D eigenvalue weighted by Crippen LogP contribution is 2.31. The summed E-state index contributed by atoms with van der Waals surface area (Å²) in [7, 11) is 0. The number of hydrogen-bond acceptors (Lipinski definition) is 4. The van der Waals surface area contributed by atoms with Gasteiger partial charge in [0.25, 0.3) is 0 Å². The van der Waals surface area contributed by atoms with E-state index in [-0.39, 0.29) is 12.0 Å². The van der Waals surface area contributed by atoms with Crippen molar-refractivity contribution in [2.75, 3.05) is 13.1 Å². The Morgan fingerprint density at radius 2 is 1.88 bits per heavy atom. The highest BCUT2D eigenvalue weighted by molar-refractivity contribution is 5.79. The predicted molar refractivity (Wildman–Crippen MR) is 99.4 cm³/mol. The van der Waals surface area contributed by atoms with Crippen LogP contribution < -0.4 is 5.73 Å². The number of carbonyl (C=O) groups is 1. The standard InChI is InChI=1S/C20H27N5O/c21-18-2-1-17(13-18)20(26)24-10-5-16(6-11-24)19-23-9-12-25(19)14-15-3-7-22-8-4-15/h3-4,7-9,12,16-18H,1-2,5-6,10-11,13-14,21H2/t17-,18+/m1/s1. The first-order chi connectivity index (χ1) is 12.7. The lowest BCUT2D eigenvalue weighted by atomic mass is 9.94. The summed E-state index contributed by atoms with van der Waals surface area (Å²) in [5.74, 6) is 2.02. The first-order valence-electron chi connectivity index (χ1n) is 9.65. The van der Waals surface area contributed by atoms with E-state index >= 15 is 0 Å². The highest BCUT2D eigenvalue weighted by atomic mass is 16.2. The molecule has 1 aliphatic heterocycles. The predicted octanol–water partition coefficient (Wildman–Crippen LogP) is 2.16. The van der Waals surface area contributed by atoms with Gasteiger partial charge in [0, 0.05) is 62.3 Å². The fraction of sp³-hybridized carbons (Fsp3) is 0.550. The van der Waals surface area contributed by atoms with Gasteiger partial charge >= 0.3 is 0 Å². The maximum Gasteiger partial charge on any atom is 0.225 e. The Kier molecular flexibility index (Phi) is 5.02. The third-order valence-corrected chi connectivity index (χ3v) is 5.84.